The van der Waals surface area contributed by atoms with Crippen molar-refractivity contribution in [2.45, 2.75) is 38.3 Å². The summed E-state index contributed by atoms with van der Waals surface area (Å²) in [6.45, 7) is 1.56. The van der Waals surface area contributed by atoms with Crippen molar-refractivity contribution in [1.29, 1.82) is 0 Å². The Balaban J connectivity index is 1.81. The number of benzene rings is 1. The molecule has 1 fully saturated rings. The summed E-state index contributed by atoms with van der Waals surface area (Å²) in [7, 11) is 0. The molecule has 1 saturated heterocycles. The van der Waals surface area contributed by atoms with Gasteiger partial charge in [-0.15, -0.1) is 0 Å². The van der Waals surface area contributed by atoms with Gasteiger partial charge in [0.1, 0.15) is 0 Å². The lowest BCUT2D eigenvalue weighted by molar-refractivity contribution is -0.123. The van der Waals surface area contributed by atoms with Crippen LogP contribution in [0.15, 0.2) is 28.7 Å². The molecule has 2 rings (SSSR count). The van der Waals surface area contributed by atoms with E-state index in [2.05, 4.69) is 26.6 Å². The number of carbonyl (C=O) groups is 1. The van der Waals surface area contributed by atoms with E-state index >= 15 is 0 Å². The SMILES string of the molecule is O=C(NCc1ccc(Br)cc1)C1CCCCCN1. The van der Waals surface area contributed by atoms with Crippen LogP contribution in [-0.2, 0) is 11.3 Å². The van der Waals surface area contributed by atoms with Gasteiger partial charge in [0.2, 0.25) is 5.91 Å². The third-order valence-corrected chi connectivity index (χ3v) is 3.79. The molecule has 0 bridgehead atoms. The predicted octanol–water partition coefficient (Wildman–Crippen LogP) is 2.60. The van der Waals surface area contributed by atoms with Crippen molar-refractivity contribution in [3.05, 3.63) is 34.3 Å². The third kappa shape index (κ3) is 4.10. The van der Waals surface area contributed by atoms with E-state index in [-0.39, 0.29) is 11.9 Å². The van der Waals surface area contributed by atoms with E-state index in [4.69, 9.17) is 0 Å². The summed E-state index contributed by atoms with van der Waals surface area (Å²) in [6.07, 6.45) is 4.50. The zero-order chi connectivity index (χ0) is 12.8. The highest BCUT2D eigenvalue weighted by Gasteiger charge is 2.18. The zero-order valence-electron chi connectivity index (χ0n) is 10.4. The van der Waals surface area contributed by atoms with Crippen molar-refractivity contribution < 1.29 is 4.79 Å². The molecule has 18 heavy (non-hydrogen) atoms. The van der Waals surface area contributed by atoms with Crippen LogP contribution in [-0.4, -0.2) is 18.5 Å². The molecule has 1 aromatic rings. The van der Waals surface area contributed by atoms with Crippen LogP contribution >= 0.6 is 15.9 Å². The molecule has 0 aliphatic carbocycles. The van der Waals surface area contributed by atoms with Gasteiger partial charge in [-0.1, -0.05) is 40.9 Å². The number of hydrogen-bond donors (Lipinski definition) is 2. The molecule has 1 atom stereocenters. The minimum Gasteiger partial charge on any atom is -0.351 e. The molecule has 0 spiro atoms. The van der Waals surface area contributed by atoms with Crippen LogP contribution in [0.3, 0.4) is 0 Å². The molecule has 98 valence electrons. The van der Waals surface area contributed by atoms with Gasteiger partial charge in [0.25, 0.3) is 0 Å². The van der Waals surface area contributed by atoms with Crippen LogP contribution in [0.2, 0.25) is 0 Å². The van der Waals surface area contributed by atoms with Crippen LogP contribution in [0.5, 0.6) is 0 Å². The molecule has 1 heterocycles. The van der Waals surface area contributed by atoms with E-state index in [0.717, 1.165) is 29.4 Å². The highest BCUT2D eigenvalue weighted by atomic mass is 79.9. The molecular weight excluding hydrogens is 292 g/mol. The first-order chi connectivity index (χ1) is 8.75. The van der Waals surface area contributed by atoms with Crippen LogP contribution < -0.4 is 10.6 Å². The fourth-order valence-corrected chi connectivity index (χ4v) is 2.43. The van der Waals surface area contributed by atoms with Gasteiger partial charge in [-0.3, -0.25) is 4.79 Å². The average Bonchev–Trinajstić information content (AvgIpc) is 2.66. The molecule has 3 nitrogen and oxygen atoms in total. The summed E-state index contributed by atoms with van der Waals surface area (Å²) in [5.41, 5.74) is 1.13. The molecule has 4 heteroatoms. The van der Waals surface area contributed by atoms with Crippen molar-refractivity contribution in [2.75, 3.05) is 6.54 Å². The van der Waals surface area contributed by atoms with E-state index in [0.29, 0.717) is 6.54 Å². The highest BCUT2D eigenvalue weighted by molar-refractivity contribution is 9.10. The van der Waals surface area contributed by atoms with Crippen molar-refractivity contribution in [2.24, 2.45) is 0 Å². The van der Waals surface area contributed by atoms with Gasteiger partial charge >= 0.3 is 0 Å². The summed E-state index contributed by atoms with van der Waals surface area (Å²) in [6, 6.07) is 8.01. The summed E-state index contributed by atoms with van der Waals surface area (Å²) >= 11 is 3.40. The van der Waals surface area contributed by atoms with Crippen LogP contribution in [0, 0.1) is 0 Å². The van der Waals surface area contributed by atoms with Gasteiger partial charge in [-0.05, 0) is 37.1 Å². The van der Waals surface area contributed by atoms with E-state index in [1.165, 1.54) is 12.8 Å². The molecule has 1 aliphatic heterocycles. The average molecular weight is 311 g/mol. The van der Waals surface area contributed by atoms with Gasteiger partial charge in [0, 0.05) is 11.0 Å². The van der Waals surface area contributed by atoms with Gasteiger partial charge < -0.3 is 10.6 Å². The zero-order valence-corrected chi connectivity index (χ0v) is 12.0. The molecular formula is C14H19BrN2O. The topological polar surface area (TPSA) is 41.1 Å². The van der Waals surface area contributed by atoms with E-state index in [9.17, 15) is 4.79 Å². The first-order valence-corrected chi connectivity index (χ1v) is 7.30. The number of hydrogen-bond acceptors (Lipinski definition) is 2. The normalized spacial score (nSPS) is 20.2. The van der Waals surface area contributed by atoms with Crippen LogP contribution in [0.4, 0.5) is 0 Å². The smallest absolute Gasteiger partial charge is 0.237 e. The van der Waals surface area contributed by atoms with Gasteiger partial charge in [-0.25, -0.2) is 0 Å². The molecule has 1 unspecified atom stereocenters. The largest absolute Gasteiger partial charge is 0.351 e. The van der Waals surface area contributed by atoms with E-state index in [1.807, 2.05) is 24.3 Å². The number of rotatable bonds is 3. The molecule has 1 aromatic carbocycles. The molecule has 2 N–H and O–H groups in total. The second kappa shape index (κ2) is 6.90. The van der Waals surface area contributed by atoms with Gasteiger partial charge in [0.05, 0.1) is 6.04 Å². The maximum Gasteiger partial charge on any atom is 0.237 e. The van der Waals surface area contributed by atoms with Gasteiger partial charge in [0.15, 0.2) is 0 Å². The minimum absolute atomic E-state index is 0.0112. The summed E-state index contributed by atoms with van der Waals surface area (Å²) in [5.74, 6) is 0.125. The van der Waals surface area contributed by atoms with E-state index < -0.39 is 0 Å². The van der Waals surface area contributed by atoms with Gasteiger partial charge in [-0.2, -0.15) is 0 Å². The second-order valence-corrected chi connectivity index (χ2v) is 5.62. The first kappa shape index (κ1) is 13.6. The molecule has 0 radical (unpaired) electrons. The van der Waals surface area contributed by atoms with Crippen molar-refractivity contribution in [3.8, 4) is 0 Å². The fraction of sp³-hybridized carbons (Fsp3) is 0.500. The quantitative estimate of drug-likeness (QED) is 0.901. The molecule has 0 saturated carbocycles. The Morgan fingerprint density at radius 2 is 2.06 bits per heavy atom. The van der Waals surface area contributed by atoms with E-state index in [1.54, 1.807) is 0 Å². The lowest BCUT2D eigenvalue weighted by Crippen LogP contribution is -2.43. The molecule has 1 amide bonds. The Hall–Kier alpha value is -0.870. The lowest BCUT2D eigenvalue weighted by atomic mass is 10.1. The Kier molecular flexibility index (Phi) is 5.20. The predicted molar refractivity (Wildman–Crippen MR) is 76.2 cm³/mol. The lowest BCUT2D eigenvalue weighted by Gasteiger charge is -2.15. The Labute approximate surface area is 116 Å². The number of nitrogens with one attached hydrogen (secondary N) is 2. The Bertz CT molecular complexity index is 383. The highest BCUT2D eigenvalue weighted by Crippen LogP contribution is 2.11. The second-order valence-electron chi connectivity index (χ2n) is 4.70. The Morgan fingerprint density at radius 1 is 1.28 bits per heavy atom. The maximum absolute atomic E-state index is 12.0. The van der Waals surface area contributed by atoms with Crippen molar-refractivity contribution >= 4 is 21.8 Å². The number of carbonyl (C=O) groups excluding carboxylic acids is 1. The molecule has 0 aromatic heterocycles. The Morgan fingerprint density at radius 3 is 2.83 bits per heavy atom. The number of amides is 1. The number of halogens is 1. The summed E-state index contributed by atoms with van der Waals surface area (Å²) < 4.78 is 1.06. The van der Waals surface area contributed by atoms with Crippen molar-refractivity contribution in [1.82, 2.24) is 10.6 Å². The summed E-state index contributed by atoms with van der Waals surface area (Å²) in [4.78, 5) is 12.0. The maximum atomic E-state index is 12.0. The summed E-state index contributed by atoms with van der Waals surface area (Å²) in [5, 5.41) is 6.31. The fourth-order valence-electron chi connectivity index (χ4n) is 2.17. The minimum atomic E-state index is -0.0112. The third-order valence-electron chi connectivity index (χ3n) is 3.26. The first-order valence-electron chi connectivity index (χ1n) is 6.51. The monoisotopic (exact) mass is 310 g/mol. The van der Waals surface area contributed by atoms with Crippen molar-refractivity contribution in [3.63, 3.8) is 0 Å². The standard InChI is InChI=1S/C14H19BrN2O/c15-12-7-5-11(6-8-12)10-17-14(18)13-4-2-1-3-9-16-13/h5-8,13,16H,1-4,9-10H2,(H,17,18). The van der Waals surface area contributed by atoms with Crippen LogP contribution in [0.1, 0.15) is 31.2 Å². The molecule has 1 aliphatic rings. The van der Waals surface area contributed by atoms with Crippen LogP contribution in [0.25, 0.3) is 0 Å².